The molecule has 26 heavy (non-hydrogen) atoms. The van der Waals surface area contributed by atoms with Crippen molar-refractivity contribution in [1.29, 1.82) is 5.26 Å². The van der Waals surface area contributed by atoms with E-state index in [0.29, 0.717) is 18.6 Å². The van der Waals surface area contributed by atoms with Gasteiger partial charge in [0.15, 0.2) is 6.61 Å². The molecule has 0 N–H and O–H groups in total. The minimum absolute atomic E-state index is 0.162. The van der Waals surface area contributed by atoms with Crippen LogP contribution in [0.25, 0.3) is 11.0 Å². The number of hydrogen-bond donors (Lipinski definition) is 0. The van der Waals surface area contributed by atoms with E-state index in [1.807, 2.05) is 24.3 Å². The van der Waals surface area contributed by atoms with Gasteiger partial charge in [0.1, 0.15) is 17.1 Å². The highest BCUT2D eigenvalue weighted by Crippen LogP contribution is 2.23. The van der Waals surface area contributed by atoms with Crippen LogP contribution in [0.5, 0.6) is 5.75 Å². The third kappa shape index (κ3) is 4.87. The number of furan rings is 1. The summed E-state index contributed by atoms with van der Waals surface area (Å²) < 4.78 is 17.2. The third-order valence-electron chi connectivity index (χ3n) is 3.70. The number of hydrogen-bond acceptors (Lipinski definition) is 5. The van der Waals surface area contributed by atoms with Gasteiger partial charge in [-0.3, -0.25) is 0 Å². The van der Waals surface area contributed by atoms with Gasteiger partial charge in [-0.2, -0.15) is 5.26 Å². The Morgan fingerprint density at radius 3 is 2.73 bits per heavy atom. The number of rotatable bonds is 7. The van der Waals surface area contributed by atoms with Crippen molar-refractivity contribution in [2.24, 2.45) is 0 Å². The molecule has 6 heteroatoms. The van der Waals surface area contributed by atoms with Gasteiger partial charge in [-0.15, -0.1) is 0 Å². The first-order chi connectivity index (χ1) is 12.6. The van der Waals surface area contributed by atoms with Crippen LogP contribution in [-0.4, -0.2) is 19.2 Å². The summed E-state index contributed by atoms with van der Waals surface area (Å²) >= 11 is 3.42. The molecule has 3 aromatic rings. The van der Waals surface area contributed by atoms with Crippen LogP contribution in [0.3, 0.4) is 0 Å². The Balaban J connectivity index is 1.42. The molecule has 0 bridgehead atoms. The minimum Gasteiger partial charge on any atom is -0.482 e. The first kappa shape index (κ1) is 18.0. The maximum Gasteiger partial charge on any atom is 0.344 e. The van der Waals surface area contributed by atoms with Gasteiger partial charge in [0, 0.05) is 16.3 Å². The minimum atomic E-state index is -0.440. The Hall–Kier alpha value is -2.78. The summed E-state index contributed by atoms with van der Waals surface area (Å²) in [6, 6.07) is 16.8. The Morgan fingerprint density at radius 1 is 1.15 bits per heavy atom. The van der Waals surface area contributed by atoms with E-state index in [-0.39, 0.29) is 13.2 Å². The van der Waals surface area contributed by atoms with Crippen LogP contribution in [-0.2, 0) is 22.4 Å². The van der Waals surface area contributed by atoms with Crippen molar-refractivity contribution in [3.63, 3.8) is 0 Å². The molecule has 0 aliphatic carbocycles. The second-order valence-electron chi connectivity index (χ2n) is 5.63. The average Bonchev–Trinajstić information content (AvgIpc) is 3.03. The molecule has 0 saturated heterocycles. The predicted octanol–water partition coefficient (Wildman–Crippen LogP) is 4.43. The third-order valence-corrected chi connectivity index (χ3v) is 4.20. The number of carbonyl (C=O) groups is 1. The van der Waals surface area contributed by atoms with Crippen molar-refractivity contribution in [3.05, 3.63) is 64.3 Å². The zero-order valence-electron chi connectivity index (χ0n) is 13.9. The van der Waals surface area contributed by atoms with Crippen molar-refractivity contribution in [2.45, 2.75) is 12.8 Å². The van der Waals surface area contributed by atoms with Crippen molar-refractivity contribution >= 4 is 32.9 Å². The first-order valence-corrected chi connectivity index (χ1v) is 8.85. The largest absolute Gasteiger partial charge is 0.482 e. The maximum atomic E-state index is 11.8. The fourth-order valence-electron chi connectivity index (χ4n) is 2.44. The van der Waals surface area contributed by atoms with Gasteiger partial charge in [-0.05, 0) is 42.0 Å². The molecule has 0 saturated carbocycles. The number of carbonyl (C=O) groups excluding carboxylic acids is 1. The summed E-state index contributed by atoms with van der Waals surface area (Å²) in [5, 5.41) is 9.64. The lowest BCUT2D eigenvalue weighted by Gasteiger charge is -2.07. The van der Waals surface area contributed by atoms with Gasteiger partial charge in [0.25, 0.3) is 0 Å². The lowest BCUT2D eigenvalue weighted by molar-refractivity contribution is -0.145. The number of ether oxygens (including phenoxy) is 2. The van der Waals surface area contributed by atoms with Crippen LogP contribution in [0, 0.1) is 11.3 Å². The topological polar surface area (TPSA) is 72.5 Å². The Labute approximate surface area is 159 Å². The first-order valence-electron chi connectivity index (χ1n) is 8.06. The molecule has 1 aromatic heterocycles. The smallest absolute Gasteiger partial charge is 0.344 e. The molecular formula is C20H16BrNO4. The summed E-state index contributed by atoms with van der Waals surface area (Å²) in [5.41, 5.74) is 1.71. The molecule has 0 unspecified atom stereocenters. The van der Waals surface area contributed by atoms with Gasteiger partial charge < -0.3 is 13.9 Å². The standard InChI is InChI=1S/C20H16BrNO4/c21-16-3-6-19-15(11-16)12-18(26-19)8-10-24-20(23)13-25-17-4-1-14(2-5-17)7-9-22/h1-6,11-12H,7-8,10,13H2. The van der Waals surface area contributed by atoms with Gasteiger partial charge >= 0.3 is 5.97 Å². The quantitative estimate of drug-likeness (QED) is 0.535. The molecule has 0 aliphatic rings. The van der Waals surface area contributed by atoms with Crippen LogP contribution in [0.4, 0.5) is 0 Å². The fraction of sp³-hybridized carbons (Fsp3) is 0.200. The highest BCUT2D eigenvalue weighted by atomic mass is 79.9. The highest BCUT2D eigenvalue weighted by Gasteiger charge is 2.08. The summed E-state index contributed by atoms with van der Waals surface area (Å²) in [7, 11) is 0. The van der Waals surface area contributed by atoms with E-state index in [4.69, 9.17) is 19.2 Å². The van der Waals surface area contributed by atoms with Gasteiger partial charge in [-0.1, -0.05) is 28.1 Å². The predicted molar refractivity (Wildman–Crippen MR) is 99.8 cm³/mol. The highest BCUT2D eigenvalue weighted by molar-refractivity contribution is 9.10. The van der Waals surface area contributed by atoms with E-state index >= 15 is 0 Å². The lowest BCUT2D eigenvalue weighted by atomic mass is 10.2. The normalized spacial score (nSPS) is 10.5. The molecule has 1 heterocycles. The SMILES string of the molecule is N#CCc1ccc(OCC(=O)OCCc2cc3cc(Br)ccc3o2)cc1. The summed E-state index contributed by atoms with van der Waals surface area (Å²) in [5.74, 6) is 0.886. The van der Waals surface area contributed by atoms with Crippen LogP contribution in [0.15, 0.2) is 57.4 Å². The number of halogens is 1. The summed E-state index contributed by atoms with van der Waals surface area (Å²) in [6.45, 7) is 0.0645. The lowest BCUT2D eigenvalue weighted by Crippen LogP contribution is -2.16. The molecule has 0 fully saturated rings. The molecule has 2 aromatic carbocycles. The Bertz CT molecular complexity index is 941. The van der Waals surface area contributed by atoms with Crippen LogP contribution in [0.1, 0.15) is 11.3 Å². The molecule has 0 aliphatic heterocycles. The molecule has 0 amide bonds. The van der Waals surface area contributed by atoms with Gasteiger partial charge in [-0.25, -0.2) is 4.79 Å². The van der Waals surface area contributed by atoms with E-state index in [9.17, 15) is 4.79 Å². The summed E-state index contributed by atoms with van der Waals surface area (Å²) in [6.07, 6.45) is 0.849. The Morgan fingerprint density at radius 2 is 1.96 bits per heavy atom. The number of benzene rings is 2. The van der Waals surface area contributed by atoms with Crippen molar-refractivity contribution in [1.82, 2.24) is 0 Å². The van der Waals surface area contributed by atoms with E-state index in [1.165, 1.54) is 0 Å². The van der Waals surface area contributed by atoms with Crippen molar-refractivity contribution < 1.29 is 18.7 Å². The maximum absolute atomic E-state index is 11.8. The molecule has 5 nitrogen and oxygen atoms in total. The average molecular weight is 414 g/mol. The molecular weight excluding hydrogens is 398 g/mol. The van der Waals surface area contributed by atoms with Crippen molar-refractivity contribution in [3.8, 4) is 11.8 Å². The second-order valence-corrected chi connectivity index (χ2v) is 6.55. The monoisotopic (exact) mass is 413 g/mol. The number of nitrogens with zero attached hydrogens (tertiary/aromatic N) is 1. The zero-order chi connectivity index (χ0) is 18.4. The summed E-state index contributed by atoms with van der Waals surface area (Å²) in [4.78, 5) is 11.8. The second kappa shape index (κ2) is 8.54. The van der Waals surface area contributed by atoms with E-state index in [2.05, 4.69) is 22.0 Å². The fourth-order valence-corrected chi connectivity index (χ4v) is 2.82. The van der Waals surface area contributed by atoms with Crippen LogP contribution >= 0.6 is 15.9 Å². The van der Waals surface area contributed by atoms with E-state index in [0.717, 1.165) is 26.8 Å². The molecule has 0 spiro atoms. The molecule has 3 rings (SSSR count). The molecule has 0 atom stereocenters. The van der Waals surface area contributed by atoms with Gasteiger partial charge in [0.05, 0.1) is 19.1 Å². The number of fused-ring (bicyclic) bond motifs is 1. The zero-order valence-corrected chi connectivity index (χ0v) is 15.5. The van der Waals surface area contributed by atoms with Crippen molar-refractivity contribution in [2.75, 3.05) is 13.2 Å². The van der Waals surface area contributed by atoms with E-state index < -0.39 is 5.97 Å². The van der Waals surface area contributed by atoms with E-state index in [1.54, 1.807) is 24.3 Å². The molecule has 0 radical (unpaired) electrons. The van der Waals surface area contributed by atoms with Gasteiger partial charge in [0.2, 0.25) is 0 Å². The van der Waals surface area contributed by atoms with Crippen LogP contribution < -0.4 is 4.74 Å². The Kier molecular flexibility index (Phi) is 5.92. The number of nitriles is 1. The van der Waals surface area contributed by atoms with Crippen LogP contribution in [0.2, 0.25) is 0 Å². The molecule has 132 valence electrons. The number of esters is 1.